The molecule has 0 bridgehead atoms. The van der Waals surface area contributed by atoms with Crippen LogP contribution in [0.1, 0.15) is 44.9 Å². The van der Waals surface area contributed by atoms with Crippen LogP contribution in [0.4, 0.5) is 0 Å². The summed E-state index contributed by atoms with van der Waals surface area (Å²) >= 11 is 0. The number of guanidine groups is 1. The summed E-state index contributed by atoms with van der Waals surface area (Å²) in [6, 6.07) is 0. The second-order valence-corrected chi connectivity index (χ2v) is 6.07. The van der Waals surface area contributed by atoms with E-state index in [9.17, 15) is 0 Å². The smallest absolute Gasteiger partial charge is 0.193 e. The molecule has 0 spiro atoms. The van der Waals surface area contributed by atoms with Gasteiger partial charge in [0.05, 0.1) is 6.10 Å². The summed E-state index contributed by atoms with van der Waals surface area (Å²) < 4.78 is 11.2. The number of hydrogen-bond donors (Lipinski definition) is 1. The molecular formula is C18H36IN3O2. The number of aliphatic imine (C=N–C) groups is 1. The Morgan fingerprint density at radius 3 is 2.71 bits per heavy atom. The Balaban J connectivity index is 0.00000529. The number of rotatable bonds is 11. The number of halogens is 1. The number of ether oxygens (including phenoxy) is 2. The minimum Gasteiger partial charge on any atom is -0.381 e. The Labute approximate surface area is 165 Å². The van der Waals surface area contributed by atoms with E-state index in [1.165, 1.54) is 19.3 Å². The molecule has 0 radical (unpaired) electrons. The highest BCUT2D eigenvalue weighted by Crippen LogP contribution is 2.10. The third-order valence-electron chi connectivity index (χ3n) is 4.10. The summed E-state index contributed by atoms with van der Waals surface area (Å²) in [7, 11) is 3.94. The van der Waals surface area contributed by atoms with Crippen LogP contribution in [0.3, 0.4) is 0 Å². The first kappa shape index (κ1) is 23.7. The van der Waals surface area contributed by atoms with Crippen LogP contribution < -0.4 is 5.32 Å². The molecule has 0 unspecified atom stereocenters. The van der Waals surface area contributed by atoms with Gasteiger partial charge in [0.25, 0.3) is 0 Å². The second-order valence-electron chi connectivity index (χ2n) is 6.07. The molecular weight excluding hydrogens is 417 g/mol. The van der Waals surface area contributed by atoms with E-state index in [1.54, 1.807) is 0 Å². The molecule has 1 N–H and O–H groups in total. The Bertz CT molecular complexity index is 334. The van der Waals surface area contributed by atoms with Crippen LogP contribution in [-0.4, -0.2) is 64.0 Å². The first-order valence-corrected chi connectivity index (χ1v) is 9.00. The summed E-state index contributed by atoms with van der Waals surface area (Å²) in [6.45, 7) is 8.18. The molecule has 5 nitrogen and oxygen atoms in total. The summed E-state index contributed by atoms with van der Waals surface area (Å²) in [5.41, 5.74) is 0. The van der Waals surface area contributed by atoms with Gasteiger partial charge in [-0.15, -0.1) is 30.6 Å². The number of hydrogen-bond acceptors (Lipinski definition) is 3. The van der Waals surface area contributed by atoms with Gasteiger partial charge in [0.15, 0.2) is 5.96 Å². The van der Waals surface area contributed by atoms with Gasteiger partial charge in [0.1, 0.15) is 0 Å². The van der Waals surface area contributed by atoms with Crippen LogP contribution in [0.25, 0.3) is 0 Å². The molecule has 1 heterocycles. The predicted octanol–water partition coefficient (Wildman–Crippen LogP) is 3.44. The maximum absolute atomic E-state index is 5.88. The molecule has 1 saturated heterocycles. The first-order chi connectivity index (χ1) is 11.3. The molecule has 1 rings (SSSR count). The quantitative estimate of drug-likeness (QED) is 0.171. The molecule has 0 aromatic carbocycles. The highest BCUT2D eigenvalue weighted by Gasteiger charge is 2.13. The molecule has 142 valence electrons. The largest absolute Gasteiger partial charge is 0.381 e. The lowest BCUT2D eigenvalue weighted by Gasteiger charge is -2.23. The van der Waals surface area contributed by atoms with E-state index in [0.717, 1.165) is 64.6 Å². The molecule has 0 saturated carbocycles. The Morgan fingerprint density at radius 1 is 1.29 bits per heavy atom. The fourth-order valence-electron chi connectivity index (χ4n) is 2.67. The van der Waals surface area contributed by atoms with E-state index in [1.807, 2.05) is 13.1 Å². The molecule has 0 aromatic rings. The molecule has 1 aliphatic heterocycles. The van der Waals surface area contributed by atoms with Gasteiger partial charge in [0, 0.05) is 47.0 Å². The number of unbranched alkanes of at least 4 members (excludes halogenated alkanes) is 3. The molecule has 6 heteroatoms. The lowest BCUT2D eigenvalue weighted by atomic mass is 10.1. The number of allylic oxidation sites excluding steroid dienone is 1. The molecule has 24 heavy (non-hydrogen) atoms. The average molecular weight is 453 g/mol. The topological polar surface area (TPSA) is 46.1 Å². The van der Waals surface area contributed by atoms with E-state index >= 15 is 0 Å². The SMILES string of the molecule is C=CCCCCCN(C)C(=NC)NCCCOC1CCOCC1.I. The average Bonchev–Trinajstić information content (AvgIpc) is 2.58. The van der Waals surface area contributed by atoms with E-state index < -0.39 is 0 Å². The molecule has 0 amide bonds. The number of nitrogens with one attached hydrogen (secondary N) is 1. The third kappa shape index (κ3) is 11.3. The van der Waals surface area contributed by atoms with E-state index in [0.29, 0.717) is 6.10 Å². The van der Waals surface area contributed by atoms with Crippen molar-refractivity contribution in [3.63, 3.8) is 0 Å². The zero-order chi connectivity index (χ0) is 16.8. The summed E-state index contributed by atoms with van der Waals surface area (Å²) in [6.07, 6.45) is 10.2. The van der Waals surface area contributed by atoms with Crippen molar-refractivity contribution in [2.24, 2.45) is 4.99 Å². The van der Waals surface area contributed by atoms with Gasteiger partial charge in [-0.1, -0.05) is 12.5 Å². The zero-order valence-electron chi connectivity index (χ0n) is 15.5. The van der Waals surface area contributed by atoms with Crippen molar-refractivity contribution in [1.82, 2.24) is 10.2 Å². The van der Waals surface area contributed by atoms with Gasteiger partial charge in [-0.25, -0.2) is 0 Å². The Morgan fingerprint density at radius 2 is 2.04 bits per heavy atom. The van der Waals surface area contributed by atoms with Crippen LogP contribution >= 0.6 is 24.0 Å². The van der Waals surface area contributed by atoms with Gasteiger partial charge in [-0.2, -0.15) is 0 Å². The molecule has 0 aliphatic carbocycles. The highest BCUT2D eigenvalue weighted by atomic mass is 127. The Hall–Kier alpha value is -0.340. The van der Waals surface area contributed by atoms with Crippen molar-refractivity contribution in [1.29, 1.82) is 0 Å². The van der Waals surface area contributed by atoms with Gasteiger partial charge >= 0.3 is 0 Å². The van der Waals surface area contributed by atoms with Crippen molar-refractivity contribution in [3.05, 3.63) is 12.7 Å². The maximum atomic E-state index is 5.88. The first-order valence-electron chi connectivity index (χ1n) is 9.00. The minimum atomic E-state index is 0. The second kappa shape index (κ2) is 16.1. The monoisotopic (exact) mass is 453 g/mol. The summed E-state index contributed by atoms with van der Waals surface area (Å²) in [5, 5.41) is 3.41. The van der Waals surface area contributed by atoms with Gasteiger partial charge < -0.3 is 19.7 Å². The van der Waals surface area contributed by atoms with Crippen molar-refractivity contribution < 1.29 is 9.47 Å². The van der Waals surface area contributed by atoms with Crippen LogP contribution in [0.15, 0.2) is 17.6 Å². The van der Waals surface area contributed by atoms with Crippen LogP contribution in [0, 0.1) is 0 Å². The molecule has 1 fully saturated rings. The molecule has 0 aromatic heterocycles. The van der Waals surface area contributed by atoms with E-state index in [-0.39, 0.29) is 24.0 Å². The lowest BCUT2D eigenvalue weighted by Crippen LogP contribution is -2.40. The Kier molecular flexibility index (Phi) is 15.9. The van der Waals surface area contributed by atoms with E-state index in [2.05, 4.69) is 28.8 Å². The molecule has 0 atom stereocenters. The maximum Gasteiger partial charge on any atom is 0.193 e. The lowest BCUT2D eigenvalue weighted by molar-refractivity contribution is -0.0320. The predicted molar refractivity (Wildman–Crippen MR) is 112 cm³/mol. The highest BCUT2D eigenvalue weighted by molar-refractivity contribution is 14.0. The normalized spacial score (nSPS) is 15.7. The van der Waals surface area contributed by atoms with Crippen molar-refractivity contribution in [2.75, 3.05) is 47.0 Å². The van der Waals surface area contributed by atoms with E-state index in [4.69, 9.17) is 9.47 Å². The van der Waals surface area contributed by atoms with Gasteiger partial charge in [-0.3, -0.25) is 4.99 Å². The van der Waals surface area contributed by atoms with Crippen LogP contribution in [-0.2, 0) is 9.47 Å². The summed E-state index contributed by atoms with van der Waals surface area (Å²) in [4.78, 5) is 6.55. The van der Waals surface area contributed by atoms with Gasteiger partial charge in [0.2, 0.25) is 0 Å². The third-order valence-corrected chi connectivity index (χ3v) is 4.10. The van der Waals surface area contributed by atoms with Crippen molar-refractivity contribution in [3.8, 4) is 0 Å². The van der Waals surface area contributed by atoms with Crippen LogP contribution in [0.5, 0.6) is 0 Å². The van der Waals surface area contributed by atoms with Crippen molar-refractivity contribution in [2.45, 2.75) is 51.0 Å². The zero-order valence-corrected chi connectivity index (χ0v) is 17.8. The number of nitrogens with zero attached hydrogens (tertiary/aromatic N) is 2. The fraction of sp³-hybridized carbons (Fsp3) is 0.833. The minimum absolute atomic E-state index is 0. The fourth-order valence-corrected chi connectivity index (χ4v) is 2.67. The standard InChI is InChI=1S/C18H35N3O2.HI/c1-4-5-6-7-8-13-21(3)18(19-2)20-12-9-14-23-17-10-15-22-16-11-17;/h4,17H,1,5-16H2,2-3H3,(H,19,20);1H. The van der Waals surface area contributed by atoms with Crippen molar-refractivity contribution >= 4 is 29.9 Å². The van der Waals surface area contributed by atoms with Gasteiger partial charge in [-0.05, 0) is 38.5 Å². The van der Waals surface area contributed by atoms with Crippen LogP contribution in [0.2, 0.25) is 0 Å². The summed E-state index contributed by atoms with van der Waals surface area (Å²) in [5.74, 6) is 0.972. The molecule has 1 aliphatic rings.